The second-order valence-corrected chi connectivity index (χ2v) is 5.95. The number of likely N-dealkylation sites (tertiary alicyclic amines) is 1. The molecule has 0 unspecified atom stereocenters. The highest BCUT2D eigenvalue weighted by atomic mass is 16.5. The molecule has 0 radical (unpaired) electrons. The number of rotatable bonds is 2. The van der Waals surface area contributed by atoms with Crippen molar-refractivity contribution in [3.05, 3.63) is 0 Å². The molecule has 0 aromatic heterocycles. The highest BCUT2D eigenvalue weighted by Gasteiger charge is 2.37. The highest BCUT2D eigenvalue weighted by molar-refractivity contribution is 5.65. The highest BCUT2D eigenvalue weighted by Crippen LogP contribution is 2.25. The van der Waals surface area contributed by atoms with Gasteiger partial charge >= 0.3 is 6.09 Å². The third-order valence-electron chi connectivity index (χ3n) is 3.98. The van der Waals surface area contributed by atoms with E-state index in [1.807, 2.05) is 13.8 Å². The van der Waals surface area contributed by atoms with Crippen molar-refractivity contribution in [3.8, 4) is 0 Å². The van der Waals surface area contributed by atoms with Crippen LogP contribution in [0.3, 0.4) is 0 Å². The molecule has 0 aromatic rings. The van der Waals surface area contributed by atoms with Crippen molar-refractivity contribution in [1.29, 1.82) is 0 Å². The van der Waals surface area contributed by atoms with E-state index in [1.54, 1.807) is 0 Å². The van der Waals surface area contributed by atoms with Gasteiger partial charge in [0.2, 0.25) is 0 Å². The van der Waals surface area contributed by atoms with Crippen molar-refractivity contribution in [2.45, 2.75) is 44.5 Å². The van der Waals surface area contributed by atoms with Crippen molar-refractivity contribution in [2.75, 3.05) is 32.7 Å². The van der Waals surface area contributed by atoms with Gasteiger partial charge in [0, 0.05) is 32.7 Å². The first kappa shape index (κ1) is 14.6. The standard InChI is InChI=1S/C13H24N2O4/c1-10-7-14(8-11(2)19-10)9-13(18)3-5-15(6-4-13)12(16)17/h10-11,18H,3-9H2,1-2H3,(H,16,17)/t10-,11+. The van der Waals surface area contributed by atoms with E-state index in [2.05, 4.69) is 4.90 Å². The summed E-state index contributed by atoms with van der Waals surface area (Å²) in [5, 5.41) is 19.5. The van der Waals surface area contributed by atoms with Crippen molar-refractivity contribution in [2.24, 2.45) is 0 Å². The molecule has 2 saturated heterocycles. The van der Waals surface area contributed by atoms with Crippen LogP contribution in [0, 0.1) is 0 Å². The Balaban J connectivity index is 1.86. The summed E-state index contributed by atoms with van der Waals surface area (Å²) in [6, 6.07) is 0. The summed E-state index contributed by atoms with van der Waals surface area (Å²) in [4.78, 5) is 14.5. The van der Waals surface area contributed by atoms with E-state index < -0.39 is 11.7 Å². The quantitative estimate of drug-likeness (QED) is 0.770. The minimum absolute atomic E-state index is 0.187. The topological polar surface area (TPSA) is 73.2 Å². The largest absolute Gasteiger partial charge is 0.465 e. The number of nitrogens with zero attached hydrogens (tertiary/aromatic N) is 2. The van der Waals surface area contributed by atoms with Crippen LogP contribution in [0.4, 0.5) is 4.79 Å². The zero-order valence-corrected chi connectivity index (χ0v) is 11.7. The normalized spacial score (nSPS) is 32.3. The Hall–Kier alpha value is -0.850. The van der Waals surface area contributed by atoms with Crippen LogP contribution in [0.2, 0.25) is 0 Å². The molecule has 2 fully saturated rings. The molecular formula is C13H24N2O4. The Kier molecular flexibility index (Phi) is 4.32. The van der Waals surface area contributed by atoms with Gasteiger partial charge in [-0.05, 0) is 26.7 Å². The fraction of sp³-hybridized carbons (Fsp3) is 0.923. The molecule has 2 aliphatic heterocycles. The van der Waals surface area contributed by atoms with Gasteiger partial charge in [-0.1, -0.05) is 0 Å². The number of piperidine rings is 1. The summed E-state index contributed by atoms with van der Waals surface area (Å²) in [7, 11) is 0. The third-order valence-corrected chi connectivity index (χ3v) is 3.98. The lowest BCUT2D eigenvalue weighted by atomic mass is 9.90. The molecule has 110 valence electrons. The number of β-amino-alcohol motifs (C(OH)–C–C–N with tert-alkyl or cyclic N) is 1. The molecule has 0 spiro atoms. The van der Waals surface area contributed by atoms with Crippen molar-refractivity contribution in [3.63, 3.8) is 0 Å². The Morgan fingerprint density at radius 3 is 2.26 bits per heavy atom. The molecule has 2 rings (SSSR count). The van der Waals surface area contributed by atoms with Crippen LogP contribution in [0.1, 0.15) is 26.7 Å². The van der Waals surface area contributed by atoms with Gasteiger partial charge in [-0.3, -0.25) is 4.90 Å². The summed E-state index contributed by atoms with van der Waals surface area (Å²) >= 11 is 0. The summed E-state index contributed by atoms with van der Waals surface area (Å²) in [5.74, 6) is 0. The van der Waals surface area contributed by atoms with Gasteiger partial charge in [0.15, 0.2) is 0 Å². The van der Waals surface area contributed by atoms with E-state index in [4.69, 9.17) is 9.84 Å². The molecule has 19 heavy (non-hydrogen) atoms. The van der Waals surface area contributed by atoms with Gasteiger partial charge < -0.3 is 19.8 Å². The van der Waals surface area contributed by atoms with E-state index in [0.717, 1.165) is 13.1 Å². The summed E-state index contributed by atoms with van der Waals surface area (Å²) < 4.78 is 5.68. The maximum Gasteiger partial charge on any atom is 0.407 e. The fourth-order valence-corrected chi connectivity index (χ4v) is 3.10. The van der Waals surface area contributed by atoms with Crippen LogP contribution in [0.15, 0.2) is 0 Å². The predicted octanol–water partition coefficient (Wildman–Crippen LogP) is 0.600. The number of carboxylic acid groups (broad SMARTS) is 1. The second kappa shape index (κ2) is 5.64. The van der Waals surface area contributed by atoms with Crippen LogP contribution in [0.5, 0.6) is 0 Å². The number of hydrogen-bond acceptors (Lipinski definition) is 4. The SMILES string of the molecule is C[C@@H]1CN(CC2(O)CCN(C(=O)O)CC2)C[C@H](C)O1. The lowest BCUT2D eigenvalue weighted by molar-refractivity contribution is -0.102. The number of aliphatic hydroxyl groups is 1. The van der Waals surface area contributed by atoms with Crippen LogP contribution < -0.4 is 0 Å². The number of amides is 1. The maximum atomic E-state index is 10.9. The van der Waals surface area contributed by atoms with Crippen LogP contribution in [0.25, 0.3) is 0 Å². The first-order valence-electron chi connectivity index (χ1n) is 6.96. The van der Waals surface area contributed by atoms with Gasteiger partial charge in [-0.25, -0.2) is 4.79 Å². The first-order chi connectivity index (χ1) is 8.88. The molecule has 0 bridgehead atoms. The molecular weight excluding hydrogens is 248 g/mol. The summed E-state index contributed by atoms with van der Waals surface area (Å²) in [6.07, 6.45) is 0.507. The van der Waals surface area contributed by atoms with E-state index >= 15 is 0 Å². The minimum atomic E-state index is -0.893. The minimum Gasteiger partial charge on any atom is -0.465 e. The maximum absolute atomic E-state index is 10.9. The predicted molar refractivity (Wildman–Crippen MR) is 70.2 cm³/mol. The Bertz CT molecular complexity index is 319. The van der Waals surface area contributed by atoms with E-state index in [9.17, 15) is 9.90 Å². The van der Waals surface area contributed by atoms with E-state index in [-0.39, 0.29) is 12.2 Å². The molecule has 6 nitrogen and oxygen atoms in total. The molecule has 0 saturated carbocycles. The average Bonchev–Trinajstić information content (AvgIpc) is 2.27. The third kappa shape index (κ3) is 3.81. The van der Waals surface area contributed by atoms with Crippen molar-refractivity contribution in [1.82, 2.24) is 9.80 Å². The van der Waals surface area contributed by atoms with Crippen LogP contribution in [-0.2, 0) is 4.74 Å². The number of hydrogen-bond donors (Lipinski definition) is 2. The molecule has 2 N–H and O–H groups in total. The van der Waals surface area contributed by atoms with Gasteiger partial charge in [0.05, 0.1) is 17.8 Å². The molecule has 0 aromatic carbocycles. The first-order valence-corrected chi connectivity index (χ1v) is 6.96. The van der Waals surface area contributed by atoms with Gasteiger partial charge in [-0.2, -0.15) is 0 Å². The Morgan fingerprint density at radius 2 is 1.79 bits per heavy atom. The fourth-order valence-electron chi connectivity index (χ4n) is 3.10. The van der Waals surface area contributed by atoms with Gasteiger partial charge in [-0.15, -0.1) is 0 Å². The molecule has 2 atom stereocenters. The van der Waals surface area contributed by atoms with Crippen LogP contribution in [-0.4, -0.2) is 76.6 Å². The molecule has 1 amide bonds. The summed E-state index contributed by atoms with van der Waals surface area (Å²) in [5.41, 5.74) is -0.761. The van der Waals surface area contributed by atoms with E-state index in [0.29, 0.717) is 32.5 Å². The number of carbonyl (C=O) groups is 1. The molecule has 0 aliphatic carbocycles. The Morgan fingerprint density at radius 1 is 1.26 bits per heavy atom. The van der Waals surface area contributed by atoms with Gasteiger partial charge in [0.25, 0.3) is 0 Å². The number of morpholine rings is 1. The van der Waals surface area contributed by atoms with Crippen molar-refractivity contribution >= 4 is 6.09 Å². The molecule has 2 aliphatic rings. The molecule has 2 heterocycles. The van der Waals surface area contributed by atoms with Gasteiger partial charge in [0.1, 0.15) is 0 Å². The van der Waals surface area contributed by atoms with E-state index in [1.165, 1.54) is 4.90 Å². The Labute approximate surface area is 113 Å². The number of ether oxygens (including phenoxy) is 1. The zero-order valence-electron chi connectivity index (χ0n) is 11.7. The van der Waals surface area contributed by atoms with Crippen LogP contribution >= 0.6 is 0 Å². The zero-order chi connectivity index (χ0) is 14.0. The second-order valence-electron chi connectivity index (χ2n) is 5.95. The lowest BCUT2D eigenvalue weighted by Gasteiger charge is -2.43. The smallest absolute Gasteiger partial charge is 0.407 e. The lowest BCUT2D eigenvalue weighted by Crippen LogP contribution is -2.55. The van der Waals surface area contributed by atoms with Crippen molar-refractivity contribution < 1.29 is 19.7 Å². The summed E-state index contributed by atoms with van der Waals surface area (Å²) in [6.45, 7) is 7.19. The molecule has 6 heteroatoms. The average molecular weight is 272 g/mol. The monoisotopic (exact) mass is 272 g/mol.